The van der Waals surface area contributed by atoms with E-state index < -0.39 is 0 Å². The van der Waals surface area contributed by atoms with Crippen molar-refractivity contribution in [3.63, 3.8) is 0 Å². The molecule has 0 radical (unpaired) electrons. The van der Waals surface area contributed by atoms with Crippen molar-refractivity contribution in [2.45, 2.75) is 38.5 Å². The zero-order valence-electron chi connectivity index (χ0n) is 20.9. The maximum absolute atomic E-state index is 13.1. The monoisotopic (exact) mass is 532 g/mol. The van der Waals surface area contributed by atoms with Gasteiger partial charge in [0, 0.05) is 54.9 Å². The molecule has 0 aliphatic carbocycles. The van der Waals surface area contributed by atoms with E-state index in [-0.39, 0.29) is 11.8 Å². The molecule has 3 aliphatic rings. The zero-order chi connectivity index (χ0) is 25.9. The average molecular weight is 533 g/mol. The highest BCUT2D eigenvalue weighted by atomic mass is 35.5. The van der Waals surface area contributed by atoms with E-state index in [4.69, 9.17) is 16.0 Å². The Balaban J connectivity index is 1.17. The summed E-state index contributed by atoms with van der Waals surface area (Å²) < 4.78 is 5.41. The molecule has 3 aliphatic heterocycles. The Morgan fingerprint density at radius 2 is 2.08 bits per heavy atom. The Morgan fingerprint density at radius 1 is 1.18 bits per heavy atom. The second-order valence-corrected chi connectivity index (χ2v) is 10.4. The van der Waals surface area contributed by atoms with Crippen LogP contribution in [0.3, 0.4) is 0 Å². The third-order valence-corrected chi connectivity index (χ3v) is 7.51. The number of carbonyl (C=O) groups is 1. The molecule has 3 aromatic rings. The van der Waals surface area contributed by atoms with Gasteiger partial charge in [-0.1, -0.05) is 11.6 Å². The molecule has 196 valence electrons. The van der Waals surface area contributed by atoms with Crippen molar-refractivity contribution >= 4 is 52.9 Å². The Labute approximate surface area is 225 Å². The highest BCUT2D eigenvalue weighted by Gasteiger charge is 2.24. The molecule has 38 heavy (non-hydrogen) atoms. The molecule has 1 unspecified atom stereocenters. The summed E-state index contributed by atoms with van der Waals surface area (Å²) in [6.45, 7) is 1.68. The van der Waals surface area contributed by atoms with Gasteiger partial charge in [0.15, 0.2) is 5.82 Å². The summed E-state index contributed by atoms with van der Waals surface area (Å²) in [5.41, 5.74) is 3.70. The molecule has 1 saturated heterocycles. The number of benzene rings is 1. The van der Waals surface area contributed by atoms with E-state index in [1.807, 2.05) is 24.5 Å². The van der Waals surface area contributed by atoms with E-state index in [0.29, 0.717) is 35.1 Å². The molecule has 6 bridgehead atoms. The number of nitrogens with zero attached hydrogens (tertiary/aromatic N) is 5. The molecule has 11 heteroatoms. The number of nitrogens with one attached hydrogen (secondary N) is 3. The van der Waals surface area contributed by atoms with Crippen LogP contribution < -0.4 is 20.9 Å². The fourth-order valence-electron chi connectivity index (χ4n) is 5.20. The summed E-state index contributed by atoms with van der Waals surface area (Å²) in [4.78, 5) is 32.7. The van der Waals surface area contributed by atoms with Crippen molar-refractivity contribution in [1.29, 1.82) is 0 Å². The lowest BCUT2D eigenvalue weighted by atomic mass is 9.92. The van der Waals surface area contributed by atoms with Gasteiger partial charge in [-0.05, 0) is 61.8 Å². The number of amides is 1. The van der Waals surface area contributed by atoms with Gasteiger partial charge in [-0.25, -0.2) is 9.97 Å². The minimum absolute atomic E-state index is 0.0385. The molecular weight excluding hydrogens is 504 g/mol. The minimum atomic E-state index is 0.0385. The number of aliphatic imine (C=N–C) groups is 1. The second-order valence-electron chi connectivity index (χ2n) is 9.96. The first kappa shape index (κ1) is 24.4. The standard InChI is InChI=1S/C27H29ClN8O2/c28-22-16-31-26-33-21-11-18(14-29-15-21)1-2-19-13-20(32-25(22)35-26)3-4-23(19)34-24(37)12-17-5-8-36(9-6-17)27-30-7-10-38-27/h3-4,7,10,13-18H,1-2,5-6,8-9,11-12H2,(H,34,37)(H2,31,32,33,35). The number of aromatic nitrogens is 3. The molecule has 3 N–H and O–H groups in total. The first-order chi connectivity index (χ1) is 18.6. The third-order valence-electron chi connectivity index (χ3n) is 7.23. The van der Waals surface area contributed by atoms with Crippen molar-refractivity contribution in [2.75, 3.05) is 33.9 Å². The molecule has 1 aromatic carbocycles. The lowest BCUT2D eigenvalue weighted by molar-refractivity contribution is -0.117. The van der Waals surface area contributed by atoms with Crippen LogP contribution in [0.4, 0.5) is 29.2 Å². The normalized spacial score (nSPS) is 19.2. The maximum Gasteiger partial charge on any atom is 0.297 e. The number of hydrogen-bond acceptors (Lipinski definition) is 9. The molecule has 0 saturated carbocycles. The molecular formula is C27H29ClN8O2. The van der Waals surface area contributed by atoms with Gasteiger partial charge in [0.05, 0.1) is 12.4 Å². The Hall–Kier alpha value is -3.92. The van der Waals surface area contributed by atoms with Crippen LogP contribution in [0.15, 0.2) is 58.2 Å². The number of allylic oxidation sites excluding steroid dienone is 1. The number of oxazole rings is 1. The summed E-state index contributed by atoms with van der Waals surface area (Å²) in [5.74, 6) is 1.62. The lowest BCUT2D eigenvalue weighted by Gasteiger charge is -2.30. The van der Waals surface area contributed by atoms with E-state index in [2.05, 4.69) is 46.9 Å². The minimum Gasteiger partial charge on any atom is -0.432 e. The summed E-state index contributed by atoms with van der Waals surface area (Å²) >= 11 is 6.38. The van der Waals surface area contributed by atoms with Gasteiger partial charge in [0.25, 0.3) is 6.01 Å². The van der Waals surface area contributed by atoms with Crippen molar-refractivity contribution in [3.8, 4) is 0 Å². The predicted octanol–water partition coefficient (Wildman–Crippen LogP) is 5.40. The Morgan fingerprint density at radius 3 is 2.92 bits per heavy atom. The largest absolute Gasteiger partial charge is 0.432 e. The van der Waals surface area contributed by atoms with Crippen LogP contribution in [0, 0.1) is 11.8 Å². The molecule has 1 amide bonds. The number of aryl methyl sites for hydroxylation is 1. The van der Waals surface area contributed by atoms with Gasteiger partial charge in [-0.2, -0.15) is 4.98 Å². The Kier molecular flexibility index (Phi) is 6.96. The molecule has 2 aromatic heterocycles. The highest BCUT2D eigenvalue weighted by molar-refractivity contribution is 6.32. The van der Waals surface area contributed by atoms with Gasteiger partial charge in [0.1, 0.15) is 11.3 Å². The summed E-state index contributed by atoms with van der Waals surface area (Å²) in [7, 11) is 0. The van der Waals surface area contributed by atoms with Gasteiger partial charge < -0.3 is 25.3 Å². The van der Waals surface area contributed by atoms with Gasteiger partial charge in [-0.15, -0.1) is 0 Å². The van der Waals surface area contributed by atoms with Crippen molar-refractivity contribution in [3.05, 3.63) is 59.3 Å². The third kappa shape index (κ3) is 5.65. The maximum atomic E-state index is 13.1. The summed E-state index contributed by atoms with van der Waals surface area (Å²) in [6, 6.07) is 6.60. The van der Waals surface area contributed by atoms with E-state index >= 15 is 0 Å². The van der Waals surface area contributed by atoms with Crippen LogP contribution in [0.2, 0.25) is 5.02 Å². The van der Waals surface area contributed by atoms with Crippen LogP contribution in [0.5, 0.6) is 0 Å². The molecule has 6 rings (SSSR count). The molecule has 10 nitrogen and oxygen atoms in total. The number of rotatable bonds is 4. The number of piperidine rings is 1. The topological polar surface area (TPSA) is 121 Å². The molecule has 0 spiro atoms. The molecule has 1 atom stereocenters. The Bertz CT molecular complexity index is 1370. The highest BCUT2D eigenvalue weighted by Crippen LogP contribution is 2.31. The average Bonchev–Trinajstić information content (AvgIpc) is 3.46. The van der Waals surface area contributed by atoms with Gasteiger partial charge >= 0.3 is 0 Å². The van der Waals surface area contributed by atoms with Crippen LogP contribution in [-0.2, 0) is 11.2 Å². The van der Waals surface area contributed by atoms with Gasteiger partial charge in [-0.3, -0.25) is 9.79 Å². The second kappa shape index (κ2) is 10.8. The first-order valence-electron chi connectivity index (χ1n) is 13.0. The number of carbonyl (C=O) groups excluding carboxylic acids is 1. The quantitative estimate of drug-likeness (QED) is 0.408. The van der Waals surface area contributed by atoms with E-state index in [9.17, 15) is 4.79 Å². The van der Waals surface area contributed by atoms with Crippen molar-refractivity contribution < 1.29 is 9.21 Å². The van der Waals surface area contributed by atoms with Crippen LogP contribution in [-0.4, -0.2) is 40.2 Å². The van der Waals surface area contributed by atoms with E-state index in [0.717, 1.165) is 67.8 Å². The lowest BCUT2D eigenvalue weighted by Crippen LogP contribution is -2.35. The summed E-state index contributed by atoms with van der Waals surface area (Å²) in [5, 5.41) is 10.2. The zero-order valence-corrected chi connectivity index (χ0v) is 21.6. The van der Waals surface area contributed by atoms with E-state index in [1.165, 1.54) is 0 Å². The smallest absolute Gasteiger partial charge is 0.297 e. The van der Waals surface area contributed by atoms with Gasteiger partial charge in [0.2, 0.25) is 11.9 Å². The molecule has 5 heterocycles. The number of fused-ring (bicyclic) bond motifs is 6. The fraction of sp³-hybridized carbons (Fsp3) is 0.370. The van der Waals surface area contributed by atoms with Crippen LogP contribution >= 0.6 is 11.6 Å². The fourth-order valence-corrected chi connectivity index (χ4v) is 5.34. The summed E-state index contributed by atoms with van der Waals surface area (Å²) in [6.07, 6.45) is 13.5. The molecule has 1 fully saturated rings. The SMILES string of the molecule is O=C(CC1CCN(c2ncco2)CC1)Nc1ccc2cc1CCC1C=NC=C(C1)Nc1ncc(Cl)c(n1)N2. The first-order valence-corrected chi connectivity index (χ1v) is 13.3. The van der Waals surface area contributed by atoms with Crippen molar-refractivity contribution in [1.82, 2.24) is 15.0 Å². The van der Waals surface area contributed by atoms with Crippen LogP contribution in [0.25, 0.3) is 0 Å². The number of halogens is 1. The number of hydrogen-bond donors (Lipinski definition) is 3. The van der Waals surface area contributed by atoms with Crippen LogP contribution in [0.1, 0.15) is 37.7 Å². The predicted molar refractivity (Wildman–Crippen MR) is 148 cm³/mol. The number of anilines is 5. The van der Waals surface area contributed by atoms with Crippen molar-refractivity contribution in [2.24, 2.45) is 16.8 Å². The van der Waals surface area contributed by atoms with E-state index in [1.54, 1.807) is 18.7 Å².